The average Bonchev–Trinajstić information content (AvgIpc) is 2.90. The molecule has 1 aromatic heterocycles. The van der Waals surface area contributed by atoms with Crippen molar-refractivity contribution in [2.45, 2.75) is 25.9 Å². The Hall–Kier alpha value is -4.91. The van der Waals surface area contributed by atoms with Crippen molar-refractivity contribution >= 4 is 28.5 Å². The van der Waals surface area contributed by atoms with Gasteiger partial charge in [-0.3, -0.25) is 4.79 Å². The summed E-state index contributed by atoms with van der Waals surface area (Å²) >= 11 is 0. The van der Waals surface area contributed by atoms with Crippen LogP contribution in [0.2, 0.25) is 0 Å². The van der Waals surface area contributed by atoms with Crippen molar-refractivity contribution in [1.29, 1.82) is 0 Å². The van der Waals surface area contributed by atoms with Gasteiger partial charge in [0.05, 0.1) is 22.3 Å². The molecule has 0 aliphatic carbocycles. The molecule has 0 spiro atoms. The third kappa shape index (κ3) is 6.15. The number of alkyl halides is 3. The number of benzene rings is 3. The molecule has 2 N–H and O–H groups in total. The van der Waals surface area contributed by atoms with E-state index < -0.39 is 29.2 Å². The summed E-state index contributed by atoms with van der Waals surface area (Å²) in [5, 5.41) is 12.1. The lowest BCUT2D eigenvalue weighted by molar-refractivity contribution is -0.137. The fourth-order valence-corrected chi connectivity index (χ4v) is 3.84. The highest BCUT2D eigenvalue weighted by Gasteiger charge is 2.32. The lowest BCUT2D eigenvalue weighted by Crippen LogP contribution is -2.18. The van der Waals surface area contributed by atoms with Gasteiger partial charge < -0.3 is 15.2 Å². The van der Waals surface area contributed by atoms with Gasteiger partial charge in [0.25, 0.3) is 5.91 Å². The maximum absolute atomic E-state index is 13.3. The van der Waals surface area contributed by atoms with E-state index in [9.17, 15) is 27.9 Å². The van der Waals surface area contributed by atoms with E-state index in [0.717, 1.165) is 11.6 Å². The SMILES string of the molecule is C#CCOc1ccc2nc(C(=O)Nc3cc(C(=O)O)cc(C(F)(F)F)c3)nc(-c3ccc(C(C)C)cc3)c2c1. The Morgan fingerprint density at radius 2 is 1.77 bits per heavy atom. The highest BCUT2D eigenvalue weighted by Crippen LogP contribution is 2.33. The summed E-state index contributed by atoms with van der Waals surface area (Å²) in [5.74, 6) is 0.322. The molecule has 0 saturated heterocycles. The fourth-order valence-electron chi connectivity index (χ4n) is 3.84. The van der Waals surface area contributed by atoms with Crippen LogP contribution in [0.1, 0.15) is 51.9 Å². The molecule has 1 heterocycles. The first kappa shape index (κ1) is 27.1. The Bertz CT molecular complexity index is 1610. The van der Waals surface area contributed by atoms with Crippen molar-refractivity contribution in [1.82, 2.24) is 9.97 Å². The molecule has 4 rings (SSSR count). The lowest BCUT2D eigenvalue weighted by Gasteiger charge is -2.13. The monoisotopic (exact) mass is 533 g/mol. The smallest absolute Gasteiger partial charge is 0.416 e. The summed E-state index contributed by atoms with van der Waals surface area (Å²) in [7, 11) is 0. The number of carbonyl (C=O) groups excluding carboxylic acids is 1. The molecular formula is C29H22F3N3O4. The normalized spacial score (nSPS) is 11.3. The van der Waals surface area contributed by atoms with Crippen LogP contribution in [0, 0.1) is 12.3 Å². The first-order valence-electron chi connectivity index (χ1n) is 11.7. The number of hydrogen-bond donors (Lipinski definition) is 2. The van der Waals surface area contributed by atoms with Crippen LogP contribution in [0.25, 0.3) is 22.2 Å². The Morgan fingerprint density at radius 3 is 2.38 bits per heavy atom. The van der Waals surface area contributed by atoms with Crippen molar-refractivity contribution in [3.05, 3.63) is 83.2 Å². The van der Waals surface area contributed by atoms with Gasteiger partial charge in [-0.25, -0.2) is 14.8 Å². The van der Waals surface area contributed by atoms with Crippen molar-refractivity contribution in [2.24, 2.45) is 0 Å². The van der Waals surface area contributed by atoms with E-state index in [4.69, 9.17) is 11.2 Å². The number of carboxylic acids is 1. The first-order chi connectivity index (χ1) is 18.5. The number of ether oxygens (including phenoxy) is 1. The molecule has 7 nitrogen and oxygen atoms in total. The number of nitrogens with one attached hydrogen (secondary N) is 1. The predicted octanol–water partition coefficient (Wildman–Crippen LogP) is 6.40. The van der Waals surface area contributed by atoms with E-state index in [2.05, 4.69) is 35.1 Å². The zero-order valence-electron chi connectivity index (χ0n) is 20.8. The van der Waals surface area contributed by atoms with Crippen LogP contribution in [0.15, 0.2) is 60.7 Å². The number of rotatable bonds is 7. The molecule has 198 valence electrons. The van der Waals surface area contributed by atoms with Crippen molar-refractivity contribution in [2.75, 3.05) is 11.9 Å². The van der Waals surface area contributed by atoms with Gasteiger partial charge in [0.2, 0.25) is 5.82 Å². The Balaban J connectivity index is 1.80. The topological polar surface area (TPSA) is 101 Å². The number of anilines is 1. The molecule has 0 unspecified atom stereocenters. The molecule has 0 radical (unpaired) electrons. The Kier molecular flexibility index (Phi) is 7.54. The lowest BCUT2D eigenvalue weighted by atomic mass is 9.99. The summed E-state index contributed by atoms with van der Waals surface area (Å²) < 4.78 is 45.5. The van der Waals surface area contributed by atoms with Gasteiger partial charge >= 0.3 is 12.1 Å². The van der Waals surface area contributed by atoms with Gasteiger partial charge in [0.15, 0.2) is 0 Å². The quantitative estimate of drug-likeness (QED) is 0.267. The van der Waals surface area contributed by atoms with Crippen LogP contribution in [-0.2, 0) is 6.18 Å². The van der Waals surface area contributed by atoms with Gasteiger partial charge in [-0.1, -0.05) is 44.0 Å². The van der Waals surface area contributed by atoms with Gasteiger partial charge in [-0.15, -0.1) is 6.42 Å². The van der Waals surface area contributed by atoms with E-state index in [1.165, 1.54) is 0 Å². The number of fused-ring (bicyclic) bond motifs is 1. The molecular weight excluding hydrogens is 511 g/mol. The zero-order valence-corrected chi connectivity index (χ0v) is 20.8. The number of carbonyl (C=O) groups is 2. The highest BCUT2D eigenvalue weighted by atomic mass is 19.4. The second-order valence-corrected chi connectivity index (χ2v) is 8.90. The molecule has 0 aliphatic heterocycles. The highest BCUT2D eigenvalue weighted by molar-refractivity contribution is 6.05. The van der Waals surface area contributed by atoms with Crippen LogP contribution in [0.3, 0.4) is 0 Å². The van der Waals surface area contributed by atoms with Crippen molar-refractivity contribution < 1.29 is 32.6 Å². The number of aromatic carboxylic acids is 1. The Labute approximate surface area is 221 Å². The second kappa shape index (κ2) is 10.8. The molecule has 0 atom stereocenters. The van der Waals surface area contributed by atoms with Crippen molar-refractivity contribution in [3.63, 3.8) is 0 Å². The minimum absolute atomic E-state index is 0.0423. The summed E-state index contributed by atoms with van der Waals surface area (Å²) in [6.07, 6.45) is 0.464. The van der Waals surface area contributed by atoms with Gasteiger partial charge in [0.1, 0.15) is 12.4 Å². The number of carboxylic acid groups (broad SMARTS) is 1. The van der Waals surface area contributed by atoms with E-state index in [-0.39, 0.29) is 24.0 Å². The third-order valence-corrected chi connectivity index (χ3v) is 5.81. The molecule has 1 amide bonds. The second-order valence-electron chi connectivity index (χ2n) is 8.90. The van der Waals surface area contributed by atoms with Crippen LogP contribution < -0.4 is 10.1 Å². The van der Waals surface area contributed by atoms with Crippen molar-refractivity contribution in [3.8, 4) is 29.4 Å². The number of terminal acetylenes is 1. The minimum Gasteiger partial charge on any atom is -0.481 e. The third-order valence-electron chi connectivity index (χ3n) is 5.81. The molecule has 4 aromatic rings. The van der Waals surface area contributed by atoms with Gasteiger partial charge in [-0.2, -0.15) is 13.2 Å². The van der Waals surface area contributed by atoms with E-state index in [0.29, 0.717) is 40.0 Å². The summed E-state index contributed by atoms with van der Waals surface area (Å²) in [6, 6.07) is 14.5. The van der Waals surface area contributed by atoms with Crippen LogP contribution in [0.5, 0.6) is 5.75 Å². The summed E-state index contributed by atoms with van der Waals surface area (Å²) in [6.45, 7) is 4.15. The molecule has 3 aromatic carbocycles. The molecule has 10 heteroatoms. The Morgan fingerprint density at radius 1 is 1.05 bits per heavy atom. The minimum atomic E-state index is -4.82. The number of hydrogen-bond acceptors (Lipinski definition) is 5. The largest absolute Gasteiger partial charge is 0.481 e. The zero-order chi connectivity index (χ0) is 28.3. The first-order valence-corrected chi connectivity index (χ1v) is 11.7. The molecule has 39 heavy (non-hydrogen) atoms. The van der Waals surface area contributed by atoms with Crippen LogP contribution in [0.4, 0.5) is 18.9 Å². The van der Waals surface area contributed by atoms with Gasteiger partial charge in [0, 0.05) is 16.6 Å². The molecule has 0 saturated carbocycles. The van der Waals surface area contributed by atoms with Gasteiger partial charge in [-0.05, 0) is 47.9 Å². The molecule has 0 bridgehead atoms. The van der Waals surface area contributed by atoms with E-state index in [1.54, 1.807) is 18.2 Å². The number of halogens is 3. The van der Waals surface area contributed by atoms with E-state index >= 15 is 0 Å². The maximum atomic E-state index is 13.3. The van der Waals surface area contributed by atoms with Crippen LogP contribution in [-0.4, -0.2) is 33.6 Å². The fraction of sp³-hybridized carbons (Fsp3) is 0.172. The maximum Gasteiger partial charge on any atom is 0.416 e. The van der Waals surface area contributed by atoms with Crippen LogP contribution >= 0.6 is 0 Å². The summed E-state index contributed by atoms with van der Waals surface area (Å²) in [4.78, 5) is 33.2. The number of aromatic nitrogens is 2. The molecule has 0 aliphatic rings. The predicted molar refractivity (Wildman–Crippen MR) is 140 cm³/mol. The number of nitrogens with zero attached hydrogens (tertiary/aromatic N) is 2. The average molecular weight is 534 g/mol. The number of amides is 1. The van der Waals surface area contributed by atoms with E-state index in [1.807, 2.05) is 24.3 Å². The summed E-state index contributed by atoms with van der Waals surface area (Å²) in [5.41, 5.74) is 0.307. The standard InChI is InChI=1S/C29H22F3N3O4/c1-4-11-39-22-9-10-24-23(15-22)25(18-7-5-17(6-8-18)16(2)3)35-26(34-24)27(36)33-21-13-19(28(37)38)12-20(14-21)29(30,31)32/h1,5-10,12-16H,11H2,2-3H3,(H,33,36)(H,37,38). The molecule has 0 fully saturated rings.